The molecule has 0 fully saturated rings. The Bertz CT molecular complexity index is 633. The van der Waals surface area contributed by atoms with Crippen LogP contribution in [0.3, 0.4) is 0 Å². The zero-order valence-electron chi connectivity index (χ0n) is 12.1. The Morgan fingerprint density at radius 2 is 2.18 bits per heavy atom. The van der Waals surface area contributed by atoms with Crippen molar-refractivity contribution in [3.63, 3.8) is 0 Å². The van der Waals surface area contributed by atoms with E-state index in [0.29, 0.717) is 11.3 Å². The van der Waals surface area contributed by atoms with Gasteiger partial charge in [0.15, 0.2) is 0 Å². The van der Waals surface area contributed by atoms with Crippen molar-refractivity contribution in [3.8, 4) is 0 Å². The van der Waals surface area contributed by atoms with Gasteiger partial charge in [-0.1, -0.05) is 6.08 Å². The van der Waals surface area contributed by atoms with Crippen molar-refractivity contribution in [1.29, 1.82) is 0 Å². The molecule has 1 unspecified atom stereocenters. The van der Waals surface area contributed by atoms with Crippen LogP contribution in [0.15, 0.2) is 18.3 Å². The van der Waals surface area contributed by atoms with Gasteiger partial charge in [0.2, 0.25) is 11.7 Å². The van der Waals surface area contributed by atoms with E-state index in [0.717, 1.165) is 5.56 Å². The van der Waals surface area contributed by atoms with E-state index in [1.54, 1.807) is 18.7 Å². The van der Waals surface area contributed by atoms with Crippen LogP contribution in [0.1, 0.15) is 28.5 Å². The molecule has 1 aliphatic carbocycles. The molecule has 0 aliphatic heterocycles. The predicted molar refractivity (Wildman–Crippen MR) is 80.1 cm³/mol. The SMILES string of the molecule is COC(=O)C(Cc1c[nH]c2c1[CH]C=CC2=O)NC(=O)[C](C)Cl. The Labute approximate surface area is 132 Å². The van der Waals surface area contributed by atoms with Crippen molar-refractivity contribution in [2.45, 2.75) is 19.4 Å². The first kappa shape index (κ1) is 16.3. The van der Waals surface area contributed by atoms with Crippen molar-refractivity contribution >= 4 is 29.3 Å². The number of allylic oxidation sites excluding steroid dienone is 2. The number of carbonyl (C=O) groups is 3. The summed E-state index contributed by atoms with van der Waals surface area (Å²) < 4.78 is 4.70. The molecular formula is C15H15ClN2O4. The van der Waals surface area contributed by atoms with Gasteiger partial charge in [-0.15, -0.1) is 11.6 Å². The summed E-state index contributed by atoms with van der Waals surface area (Å²) >= 11 is 5.62. The zero-order chi connectivity index (χ0) is 16.3. The molecule has 22 heavy (non-hydrogen) atoms. The number of carbonyl (C=O) groups excluding carboxylic acids is 3. The number of methoxy groups -OCH3 is 1. The van der Waals surface area contributed by atoms with Gasteiger partial charge in [-0.05, 0) is 24.1 Å². The predicted octanol–water partition coefficient (Wildman–Crippen LogP) is 1.31. The molecule has 2 rings (SSSR count). The molecule has 2 radical (unpaired) electrons. The fourth-order valence-electron chi connectivity index (χ4n) is 2.17. The van der Waals surface area contributed by atoms with E-state index in [1.165, 1.54) is 20.1 Å². The van der Waals surface area contributed by atoms with Crippen LogP contribution in [0.25, 0.3) is 0 Å². The highest BCUT2D eigenvalue weighted by molar-refractivity contribution is 6.38. The molecule has 116 valence electrons. The third-order valence-corrected chi connectivity index (χ3v) is 3.46. The van der Waals surface area contributed by atoms with Crippen molar-refractivity contribution in [2.75, 3.05) is 7.11 Å². The number of ketones is 1. The number of fused-ring (bicyclic) bond motifs is 1. The van der Waals surface area contributed by atoms with E-state index in [4.69, 9.17) is 16.3 Å². The van der Waals surface area contributed by atoms with Crippen LogP contribution in [0.4, 0.5) is 0 Å². The van der Waals surface area contributed by atoms with Crippen LogP contribution in [-0.4, -0.2) is 35.8 Å². The van der Waals surface area contributed by atoms with E-state index < -0.39 is 17.9 Å². The van der Waals surface area contributed by atoms with E-state index in [1.807, 2.05) is 0 Å². The smallest absolute Gasteiger partial charge is 0.328 e. The van der Waals surface area contributed by atoms with Gasteiger partial charge in [0.05, 0.1) is 12.8 Å². The fraction of sp³-hybridized carbons (Fsp3) is 0.267. The average molecular weight is 323 g/mol. The van der Waals surface area contributed by atoms with E-state index in [-0.39, 0.29) is 17.6 Å². The summed E-state index contributed by atoms with van der Waals surface area (Å²) in [5.74, 6) is -1.26. The second-order valence-electron chi connectivity index (χ2n) is 4.78. The Balaban J connectivity index is 2.20. The van der Waals surface area contributed by atoms with Crippen LogP contribution >= 0.6 is 11.6 Å². The maximum Gasteiger partial charge on any atom is 0.328 e. The number of esters is 1. The van der Waals surface area contributed by atoms with Crippen LogP contribution < -0.4 is 5.32 Å². The van der Waals surface area contributed by atoms with E-state index in [9.17, 15) is 14.4 Å². The number of aromatic amines is 1. The molecule has 0 saturated heterocycles. The lowest BCUT2D eigenvalue weighted by Gasteiger charge is -2.17. The molecule has 1 aromatic heterocycles. The molecule has 0 aromatic carbocycles. The van der Waals surface area contributed by atoms with Crippen molar-refractivity contribution < 1.29 is 19.1 Å². The highest BCUT2D eigenvalue weighted by atomic mass is 35.5. The quantitative estimate of drug-likeness (QED) is 0.800. The summed E-state index contributed by atoms with van der Waals surface area (Å²) in [6.45, 7) is 1.43. The Morgan fingerprint density at radius 3 is 2.82 bits per heavy atom. The molecular weight excluding hydrogens is 308 g/mol. The third kappa shape index (κ3) is 3.39. The first-order valence-electron chi connectivity index (χ1n) is 6.57. The number of rotatable bonds is 5. The fourth-order valence-corrected chi connectivity index (χ4v) is 2.22. The highest BCUT2D eigenvalue weighted by Crippen LogP contribution is 2.23. The number of H-pyrrole nitrogens is 1. The standard InChI is InChI=1S/C15H15ClN2O4/c1-8(16)14(20)18-11(15(21)22-2)6-9-7-17-13-10(9)4-3-5-12(13)19/h3-5,7,11,17H,6H2,1-2H3,(H,18,20). The number of hydrogen-bond donors (Lipinski definition) is 2. The second kappa shape index (κ2) is 6.79. The number of nitrogens with one attached hydrogen (secondary N) is 2. The van der Waals surface area contributed by atoms with Gasteiger partial charge in [-0.2, -0.15) is 0 Å². The minimum atomic E-state index is -0.888. The monoisotopic (exact) mass is 322 g/mol. The summed E-state index contributed by atoms with van der Waals surface area (Å²) in [7, 11) is 1.24. The zero-order valence-corrected chi connectivity index (χ0v) is 12.9. The molecule has 1 aromatic rings. The van der Waals surface area contributed by atoms with E-state index >= 15 is 0 Å². The van der Waals surface area contributed by atoms with Crippen molar-refractivity contribution in [1.82, 2.24) is 10.3 Å². The van der Waals surface area contributed by atoms with Crippen molar-refractivity contribution in [3.05, 3.63) is 47.0 Å². The largest absolute Gasteiger partial charge is 0.467 e. The van der Waals surface area contributed by atoms with Gasteiger partial charge in [0.1, 0.15) is 11.4 Å². The maximum atomic E-state index is 11.8. The normalized spacial score (nSPS) is 14.6. The van der Waals surface area contributed by atoms with Gasteiger partial charge in [-0.25, -0.2) is 4.79 Å². The lowest BCUT2D eigenvalue weighted by Crippen LogP contribution is -2.44. The van der Waals surface area contributed by atoms with Crippen molar-refractivity contribution in [2.24, 2.45) is 0 Å². The summed E-state index contributed by atoms with van der Waals surface area (Å²) in [6.07, 6.45) is 6.70. The summed E-state index contributed by atoms with van der Waals surface area (Å²) in [4.78, 5) is 38.1. The lowest BCUT2D eigenvalue weighted by molar-refractivity contribution is -0.144. The lowest BCUT2D eigenvalue weighted by atomic mass is 9.96. The molecule has 6 nitrogen and oxygen atoms in total. The molecule has 0 saturated carbocycles. The second-order valence-corrected chi connectivity index (χ2v) is 5.35. The molecule has 1 amide bonds. The third-order valence-electron chi connectivity index (χ3n) is 3.29. The molecule has 1 atom stereocenters. The van der Waals surface area contributed by atoms with Gasteiger partial charge in [0, 0.05) is 19.0 Å². The molecule has 0 spiro atoms. The van der Waals surface area contributed by atoms with E-state index in [2.05, 4.69) is 10.3 Å². The van der Waals surface area contributed by atoms with Crippen LogP contribution in [0.5, 0.6) is 0 Å². The van der Waals surface area contributed by atoms with Gasteiger partial charge in [-0.3, -0.25) is 9.59 Å². The van der Waals surface area contributed by atoms with Crippen LogP contribution in [-0.2, 0) is 20.7 Å². The number of aromatic nitrogens is 1. The van der Waals surface area contributed by atoms with Gasteiger partial charge >= 0.3 is 5.97 Å². The van der Waals surface area contributed by atoms with Crippen LogP contribution in [0, 0.1) is 11.8 Å². The summed E-state index contributed by atoms with van der Waals surface area (Å²) in [5.41, 5.74) is 1.91. The van der Waals surface area contributed by atoms with Gasteiger partial charge < -0.3 is 15.0 Å². The number of hydrogen-bond acceptors (Lipinski definition) is 4. The first-order valence-corrected chi connectivity index (χ1v) is 6.95. The Kier molecular flexibility index (Phi) is 5.03. The Morgan fingerprint density at radius 1 is 1.45 bits per heavy atom. The highest BCUT2D eigenvalue weighted by Gasteiger charge is 2.27. The topological polar surface area (TPSA) is 88.3 Å². The summed E-state index contributed by atoms with van der Waals surface area (Å²) in [5, 5.41) is 2.53. The molecule has 1 heterocycles. The average Bonchev–Trinajstić information content (AvgIpc) is 2.90. The molecule has 1 aliphatic rings. The number of halogens is 1. The molecule has 7 heteroatoms. The first-order chi connectivity index (χ1) is 10.4. The summed E-state index contributed by atoms with van der Waals surface area (Å²) in [6, 6.07) is -0.888. The molecule has 0 bridgehead atoms. The van der Waals surface area contributed by atoms with Crippen LogP contribution in [0.2, 0.25) is 0 Å². The molecule has 2 N–H and O–H groups in total. The Hall–Kier alpha value is -2.08. The maximum absolute atomic E-state index is 11.8. The van der Waals surface area contributed by atoms with Gasteiger partial charge in [0.25, 0.3) is 0 Å². The number of ether oxygens (including phenoxy) is 1. The minimum absolute atomic E-state index is 0.0228. The minimum Gasteiger partial charge on any atom is -0.467 e. The number of amides is 1.